The van der Waals surface area contributed by atoms with Gasteiger partial charge in [-0.25, -0.2) is 8.78 Å². The third-order valence-corrected chi connectivity index (χ3v) is 2.32. The van der Waals surface area contributed by atoms with Gasteiger partial charge in [-0.3, -0.25) is 4.79 Å². The normalized spacial score (nSPS) is 21.2. The molecule has 1 fully saturated rings. The van der Waals surface area contributed by atoms with Gasteiger partial charge in [0.1, 0.15) is 17.7 Å². The van der Waals surface area contributed by atoms with Gasteiger partial charge in [0.2, 0.25) is 5.91 Å². The Bertz CT molecular complexity index is 375. The Morgan fingerprint density at radius 3 is 2.47 bits per heavy atom. The minimum atomic E-state index is -0.931. The van der Waals surface area contributed by atoms with Gasteiger partial charge >= 0.3 is 0 Å². The average Bonchev–Trinajstić information content (AvgIpc) is 2.20. The molecule has 80 valence electrons. The Labute approximate surface area is 85.5 Å². The van der Waals surface area contributed by atoms with E-state index < -0.39 is 23.6 Å². The van der Waals surface area contributed by atoms with E-state index in [1.807, 2.05) is 0 Å². The van der Waals surface area contributed by atoms with Gasteiger partial charge in [0.05, 0.1) is 0 Å². The molecule has 2 rings (SSSR count). The van der Waals surface area contributed by atoms with Crippen LogP contribution in [-0.4, -0.2) is 19.0 Å². The Morgan fingerprint density at radius 1 is 1.20 bits per heavy atom. The molecule has 0 aromatic heterocycles. The molecule has 5 heteroatoms. The lowest BCUT2D eigenvalue weighted by atomic mass is 10.0. The Balaban J connectivity index is 2.39. The predicted octanol–water partition coefficient (Wildman–Crippen LogP) is 0.725. The van der Waals surface area contributed by atoms with Crippen LogP contribution in [0.3, 0.4) is 0 Å². The summed E-state index contributed by atoms with van der Waals surface area (Å²) in [5.74, 6) is -1.81. The topological polar surface area (TPSA) is 41.1 Å². The van der Waals surface area contributed by atoms with Crippen molar-refractivity contribution >= 4 is 5.91 Å². The fraction of sp³-hybridized carbons (Fsp3) is 0.300. The number of halogens is 2. The molecular formula is C10H10F2N2O. The zero-order valence-corrected chi connectivity index (χ0v) is 7.89. The van der Waals surface area contributed by atoms with Gasteiger partial charge in [-0.1, -0.05) is 6.07 Å². The standard InChI is InChI=1S/C10H10F2N2O/c11-6-2-1-3-7(12)8(6)9-10(15)14-5-4-13-9/h1-3,9,13H,4-5H2,(H,14,15). The zero-order valence-electron chi connectivity index (χ0n) is 7.89. The van der Waals surface area contributed by atoms with E-state index in [4.69, 9.17) is 0 Å². The van der Waals surface area contributed by atoms with Crippen LogP contribution in [0.2, 0.25) is 0 Å². The summed E-state index contributed by atoms with van der Waals surface area (Å²) in [6.45, 7) is 0.982. The van der Waals surface area contributed by atoms with Gasteiger partial charge in [0, 0.05) is 18.7 Å². The van der Waals surface area contributed by atoms with Crippen LogP contribution in [0.4, 0.5) is 8.78 Å². The Morgan fingerprint density at radius 2 is 1.87 bits per heavy atom. The maximum atomic E-state index is 13.3. The van der Waals surface area contributed by atoms with Crippen molar-refractivity contribution in [2.45, 2.75) is 6.04 Å². The highest BCUT2D eigenvalue weighted by atomic mass is 19.1. The number of amides is 1. The molecule has 2 N–H and O–H groups in total. The predicted molar refractivity (Wildman–Crippen MR) is 50.1 cm³/mol. The van der Waals surface area contributed by atoms with Crippen molar-refractivity contribution in [1.29, 1.82) is 0 Å². The third kappa shape index (κ3) is 1.83. The maximum absolute atomic E-state index is 13.3. The van der Waals surface area contributed by atoms with Crippen molar-refractivity contribution in [1.82, 2.24) is 10.6 Å². The van der Waals surface area contributed by atoms with E-state index in [9.17, 15) is 13.6 Å². The summed E-state index contributed by atoms with van der Waals surface area (Å²) in [5.41, 5.74) is -0.213. The number of benzene rings is 1. The molecule has 1 aliphatic rings. The van der Waals surface area contributed by atoms with Crippen LogP contribution in [0.15, 0.2) is 18.2 Å². The van der Waals surface area contributed by atoms with Crippen molar-refractivity contribution in [2.24, 2.45) is 0 Å². The fourth-order valence-corrected chi connectivity index (χ4v) is 1.62. The average molecular weight is 212 g/mol. The number of piperazine rings is 1. The Kier molecular flexibility index (Phi) is 2.64. The SMILES string of the molecule is O=C1NCCNC1c1c(F)cccc1F. The molecule has 1 aromatic carbocycles. The molecule has 0 radical (unpaired) electrons. The molecule has 0 saturated carbocycles. The smallest absolute Gasteiger partial charge is 0.242 e. The van der Waals surface area contributed by atoms with Crippen molar-refractivity contribution in [2.75, 3.05) is 13.1 Å². The van der Waals surface area contributed by atoms with E-state index in [0.717, 1.165) is 12.1 Å². The molecule has 0 aliphatic carbocycles. The summed E-state index contributed by atoms with van der Waals surface area (Å²) in [6.07, 6.45) is 0. The summed E-state index contributed by atoms with van der Waals surface area (Å²) in [5, 5.41) is 5.33. The van der Waals surface area contributed by atoms with Crippen LogP contribution < -0.4 is 10.6 Å². The molecule has 1 saturated heterocycles. The summed E-state index contributed by atoms with van der Waals surface area (Å²) in [4.78, 5) is 11.4. The van der Waals surface area contributed by atoms with E-state index in [-0.39, 0.29) is 5.56 Å². The van der Waals surface area contributed by atoms with E-state index in [0.29, 0.717) is 13.1 Å². The van der Waals surface area contributed by atoms with E-state index in [1.165, 1.54) is 6.07 Å². The molecule has 1 aromatic rings. The van der Waals surface area contributed by atoms with Crippen molar-refractivity contribution in [3.8, 4) is 0 Å². The number of hydrogen-bond donors (Lipinski definition) is 2. The quantitative estimate of drug-likeness (QED) is 0.720. The zero-order chi connectivity index (χ0) is 10.8. The van der Waals surface area contributed by atoms with Gasteiger partial charge in [0.15, 0.2) is 0 Å². The van der Waals surface area contributed by atoms with Crippen LogP contribution in [0.1, 0.15) is 11.6 Å². The molecule has 1 amide bonds. The number of nitrogens with one attached hydrogen (secondary N) is 2. The number of carbonyl (C=O) groups excluding carboxylic acids is 1. The van der Waals surface area contributed by atoms with Crippen molar-refractivity contribution in [3.63, 3.8) is 0 Å². The second kappa shape index (κ2) is 3.94. The van der Waals surface area contributed by atoms with Gasteiger partial charge < -0.3 is 10.6 Å². The molecule has 1 aliphatic heterocycles. The number of hydrogen-bond acceptors (Lipinski definition) is 2. The third-order valence-electron chi connectivity index (χ3n) is 2.32. The van der Waals surface area contributed by atoms with E-state index in [2.05, 4.69) is 10.6 Å². The highest BCUT2D eigenvalue weighted by Gasteiger charge is 2.28. The first kappa shape index (κ1) is 10.0. The highest BCUT2D eigenvalue weighted by molar-refractivity contribution is 5.84. The van der Waals surface area contributed by atoms with Crippen LogP contribution in [0.5, 0.6) is 0 Å². The molecule has 0 spiro atoms. The first-order chi connectivity index (χ1) is 7.20. The lowest BCUT2D eigenvalue weighted by Gasteiger charge is -2.24. The number of carbonyl (C=O) groups is 1. The lowest BCUT2D eigenvalue weighted by Crippen LogP contribution is -2.47. The lowest BCUT2D eigenvalue weighted by molar-refractivity contribution is -0.124. The summed E-state index contributed by atoms with van der Waals surface area (Å²) in [6, 6.07) is 2.62. The van der Waals surface area contributed by atoms with Crippen LogP contribution in [0, 0.1) is 11.6 Å². The van der Waals surface area contributed by atoms with E-state index in [1.54, 1.807) is 0 Å². The summed E-state index contributed by atoms with van der Waals surface area (Å²) < 4.78 is 26.7. The highest BCUT2D eigenvalue weighted by Crippen LogP contribution is 2.21. The van der Waals surface area contributed by atoms with Crippen LogP contribution in [0.25, 0.3) is 0 Å². The van der Waals surface area contributed by atoms with Gasteiger partial charge in [-0.15, -0.1) is 0 Å². The van der Waals surface area contributed by atoms with Crippen LogP contribution in [-0.2, 0) is 4.79 Å². The minimum Gasteiger partial charge on any atom is -0.353 e. The largest absolute Gasteiger partial charge is 0.353 e. The molecular weight excluding hydrogens is 202 g/mol. The second-order valence-electron chi connectivity index (χ2n) is 3.31. The van der Waals surface area contributed by atoms with Crippen LogP contribution >= 0.6 is 0 Å². The molecule has 1 heterocycles. The fourth-order valence-electron chi connectivity index (χ4n) is 1.62. The van der Waals surface area contributed by atoms with E-state index >= 15 is 0 Å². The summed E-state index contributed by atoms with van der Waals surface area (Å²) in [7, 11) is 0. The Hall–Kier alpha value is -1.49. The van der Waals surface area contributed by atoms with Gasteiger partial charge in [-0.2, -0.15) is 0 Å². The first-order valence-corrected chi connectivity index (χ1v) is 4.65. The molecule has 0 bridgehead atoms. The first-order valence-electron chi connectivity index (χ1n) is 4.65. The van der Waals surface area contributed by atoms with Gasteiger partial charge in [0.25, 0.3) is 0 Å². The number of rotatable bonds is 1. The van der Waals surface area contributed by atoms with Crippen molar-refractivity contribution in [3.05, 3.63) is 35.4 Å². The maximum Gasteiger partial charge on any atom is 0.242 e. The monoisotopic (exact) mass is 212 g/mol. The molecule has 1 atom stereocenters. The molecule has 1 unspecified atom stereocenters. The minimum absolute atomic E-state index is 0.213. The molecule has 15 heavy (non-hydrogen) atoms. The van der Waals surface area contributed by atoms with Crippen molar-refractivity contribution < 1.29 is 13.6 Å². The summed E-state index contributed by atoms with van der Waals surface area (Å²) >= 11 is 0. The molecule has 3 nitrogen and oxygen atoms in total. The second-order valence-corrected chi connectivity index (χ2v) is 3.31. The van der Waals surface area contributed by atoms with Gasteiger partial charge in [-0.05, 0) is 12.1 Å².